The standard InChI is InChI=1S/C28H35NO11/c1-5-14-35-25(31)39-22-13-12-20(16-23(22)40-26(32)36-15-6-2)18-28(29,24(30)34-4)17-19(3)37-27(33)38-21-10-8-7-9-11-21/h7-13,16,19H,5-6,14-15,17-18,29H2,1-4H3/t19?,28-/m1/s1. The van der Waals surface area contributed by atoms with E-state index < -0.39 is 36.1 Å². The molecule has 0 aliphatic carbocycles. The van der Waals surface area contributed by atoms with Crippen molar-refractivity contribution in [2.24, 2.45) is 5.73 Å². The Bertz CT molecular complexity index is 1140. The Morgan fingerprint density at radius 1 is 0.825 bits per heavy atom. The molecule has 0 heterocycles. The van der Waals surface area contributed by atoms with Crippen LogP contribution in [0, 0.1) is 0 Å². The number of benzene rings is 2. The molecule has 2 aromatic rings. The fraction of sp³-hybridized carbons (Fsp3) is 0.429. The third-order valence-electron chi connectivity index (χ3n) is 5.25. The molecule has 2 aromatic carbocycles. The molecule has 0 amide bonds. The highest BCUT2D eigenvalue weighted by molar-refractivity contribution is 5.81. The summed E-state index contributed by atoms with van der Waals surface area (Å²) >= 11 is 0. The molecule has 2 N–H and O–H groups in total. The lowest BCUT2D eigenvalue weighted by atomic mass is 9.86. The zero-order valence-corrected chi connectivity index (χ0v) is 23.0. The van der Waals surface area contributed by atoms with Crippen molar-refractivity contribution < 1.29 is 52.3 Å². The predicted molar refractivity (Wildman–Crippen MR) is 141 cm³/mol. The van der Waals surface area contributed by atoms with Crippen LogP contribution in [0.2, 0.25) is 0 Å². The van der Waals surface area contributed by atoms with Gasteiger partial charge in [0.1, 0.15) is 17.4 Å². The largest absolute Gasteiger partial charge is 0.514 e. The van der Waals surface area contributed by atoms with Crippen molar-refractivity contribution in [2.45, 2.75) is 58.1 Å². The van der Waals surface area contributed by atoms with Crippen LogP contribution in [-0.2, 0) is 30.2 Å². The summed E-state index contributed by atoms with van der Waals surface area (Å²) in [7, 11) is 1.18. The molecule has 40 heavy (non-hydrogen) atoms. The molecular formula is C28H35NO11. The minimum atomic E-state index is -1.66. The summed E-state index contributed by atoms with van der Waals surface area (Å²) in [4.78, 5) is 49.1. The number of nitrogens with two attached hydrogens (primary N) is 1. The number of carbonyl (C=O) groups excluding carboxylic acids is 4. The van der Waals surface area contributed by atoms with Crippen molar-refractivity contribution >= 4 is 24.4 Å². The average Bonchev–Trinajstić information content (AvgIpc) is 2.91. The van der Waals surface area contributed by atoms with Gasteiger partial charge in [0.05, 0.1) is 20.3 Å². The Kier molecular flexibility index (Phi) is 12.7. The van der Waals surface area contributed by atoms with E-state index in [1.165, 1.54) is 25.3 Å². The van der Waals surface area contributed by atoms with E-state index in [-0.39, 0.29) is 43.3 Å². The summed E-state index contributed by atoms with van der Waals surface area (Å²) in [6.45, 7) is 5.43. The molecule has 218 valence electrons. The van der Waals surface area contributed by atoms with E-state index in [0.29, 0.717) is 18.4 Å². The van der Waals surface area contributed by atoms with Gasteiger partial charge in [-0.3, -0.25) is 4.79 Å². The Hall–Kier alpha value is -4.32. The Balaban J connectivity index is 2.22. The van der Waals surface area contributed by atoms with Crippen LogP contribution in [0.15, 0.2) is 48.5 Å². The van der Waals surface area contributed by atoms with E-state index >= 15 is 0 Å². The van der Waals surface area contributed by atoms with E-state index in [2.05, 4.69) is 0 Å². The van der Waals surface area contributed by atoms with Crippen LogP contribution in [0.3, 0.4) is 0 Å². The van der Waals surface area contributed by atoms with Gasteiger partial charge in [0.15, 0.2) is 11.5 Å². The van der Waals surface area contributed by atoms with E-state index in [1.54, 1.807) is 37.3 Å². The molecule has 0 fully saturated rings. The average molecular weight is 562 g/mol. The summed E-state index contributed by atoms with van der Waals surface area (Å²) in [6, 6.07) is 12.6. The fourth-order valence-electron chi connectivity index (χ4n) is 3.56. The molecule has 0 saturated heterocycles. The molecule has 0 spiro atoms. The number of carbonyl (C=O) groups is 4. The van der Waals surface area contributed by atoms with E-state index in [0.717, 1.165) is 0 Å². The Morgan fingerprint density at radius 3 is 2.00 bits per heavy atom. The number of hydrogen-bond acceptors (Lipinski definition) is 12. The minimum absolute atomic E-state index is 0.112. The third-order valence-corrected chi connectivity index (χ3v) is 5.25. The zero-order chi connectivity index (χ0) is 29.5. The lowest BCUT2D eigenvalue weighted by Gasteiger charge is -2.29. The van der Waals surface area contributed by atoms with E-state index in [9.17, 15) is 19.2 Å². The van der Waals surface area contributed by atoms with Gasteiger partial charge < -0.3 is 38.9 Å². The molecule has 0 bridgehead atoms. The van der Waals surface area contributed by atoms with Crippen molar-refractivity contribution in [1.82, 2.24) is 0 Å². The first-order valence-corrected chi connectivity index (χ1v) is 12.7. The second kappa shape index (κ2) is 15.9. The maximum absolute atomic E-state index is 12.7. The van der Waals surface area contributed by atoms with Crippen molar-refractivity contribution in [3.63, 3.8) is 0 Å². The number of hydrogen-bond donors (Lipinski definition) is 1. The Labute approximate surface area is 232 Å². The topological polar surface area (TPSA) is 159 Å². The highest BCUT2D eigenvalue weighted by atomic mass is 16.7. The zero-order valence-electron chi connectivity index (χ0n) is 23.0. The molecule has 0 aliphatic heterocycles. The van der Waals surface area contributed by atoms with Crippen LogP contribution in [0.25, 0.3) is 0 Å². The van der Waals surface area contributed by atoms with Gasteiger partial charge in [-0.25, -0.2) is 14.4 Å². The van der Waals surface area contributed by atoms with E-state index in [1.807, 2.05) is 13.8 Å². The molecule has 12 nitrogen and oxygen atoms in total. The van der Waals surface area contributed by atoms with Gasteiger partial charge in [-0.15, -0.1) is 0 Å². The monoisotopic (exact) mass is 561 g/mol. The summed E-state index contributed by atoms with van der Waals surface area (Å²) in [5.41, 5.74) is 5.21. The molecule has 2 rings (SSSR count). The molecule has 2 atom stereocenters. The van der Waals surface area contributed by atoms with Gasteiger partial charge in [-0.05, 0) is 49.6 Å². The maximum atomic E-state index is 12.7. The van der Waals surface area contributed by atoms with Crippen LogP contribution in [-0.4, -0.2) is 56.4 Å². The van der Waals surface area contributed by atoms with Gasteiger partial charge >= 0.3 is 24.4 Å². The van der Waals surface area contributed by atoms with Crippen LogP contribution in [0.5, 0.6) is 17.2 Å². The van der Waals surface area contributed by atoms with Gasteiger partial charge in [-0.1, -0.05) is 38.1 Å². The van der Waals surface area contributed by atoms with Crippen LogP contribution >= 0.6 is 0 Å². The number of para-hydroxylation sites is 1. The highest BCUT2D eigenvalue weighted by Crippen LogP contribution is 2.31. The predicted octanol–water partition coefficient (Wildman–Crippen LogP) is 4.94. The molecule has 1 unspecified atom stereocenters. The lowest BCUT2D eigenvalue weighted by molar-refractivity contribution is -0.148. The molecule has 12 heteroatoms. The summed E-state index contributed by atoms with van der Waals surface area (Å²) in [5, 5.41) is 0. The second-order valence-electron chi connectivity index (χ2n) is 8.80. The molecule has 0 saturated carbocycles. The molecule has 0 aliphatic rings. The maximum Gasteiger partial charge on any atom is 0.514 e. The molecule has 0 aromatic heterocycles. The number of ether oxygens (including phenoxy) is 7. The molecule has 0 radical (unpaired) electrons. The number of rotatable bonds is 13. The third kappa shape index (κ3) is 10.4. The first-order chi connectivity index (χ1) is 19.1. The van der Waals surface area contributed by atoms with Crippen LogP contribution < -0.4 is 19.9 Å². The van der Waals surface area contributed by atoms with Crippen LogP contribution in [0.4, 0.5) is 14.4 Å². The van der Waals surface area contributed by atoms with Gasteiger partial charge in [0, 0.05) is 12.8 Å². The first kappa shape index (κ1) is 31.9. The summed E-state index contributed by atoms with van der Waals surface area (Å²) < 4.78 is 35.6. The van der Waals surface area contributed by atoms with Crippen LogP contribution in [0.1, 0.15) is 45.6 Å². The van der Waals surface area contributed by atoms with Crippen molar-refractivity contribution in [1.29, 1.82) is 0 Å². The minimum Gasteiger partial charge on any atom is -0.468 e. The fourth-order valence-corrected chi connectivity index (χ4v) is 3.56. The van der Waals surface area contributed by atoms with Gasteiger partial charge in [-0.2, -0.15) is 0 Å². The molecular weight excluding hydrogens is 526 g/mol. The van der Waals surface area contributed by atoms with E-state index in [4.69, 9.17) is 38.9 Å². The second-order valence-corrected chi connectivity index (χ2v) is 8.80. The summed E-state index contributed by atoms with van der Waals surface area (Å²) in [5.74, 6) is -0.750. The number of methoxy groups -OCH3 is 1. The first-order valence-electron chi connectivity index (χ1n) is 12.7. The number of esters is 1. The van der Waals surface area contributed by atoms with Gasteiger partial charge in [0.25, 0.3) is 0 Å². The van der Waals surface area contributed by atoms with Crippen molar-refractivity contribution in [2.75, 3.05) is 20.3 Å². The van der Waals surface area contributed by atoms with Gasteiger partial charge in [0.2, 0.25) is 0 Å². The highest BCUT2D eigenvalue weighted by Gasteiger charge is 2.38. The SMILES string of the molecule is CCCOC(=O)Oc1ccc(C[C@](N)(CC(C)OC(=O)Oc2ccccc2)C(=O)OC)cc1OC(=O)OCCC. The summed E-state index contributed by atoms with van der Waals surface area (Å²) in [6.07, 6.45) is -2.94. The smallest absolute Gasteiger partial charge is 0.468 e. The normalized spacial score (nSPS) is 12.7. The van der Waals surface area contributed by atoms with Crippen molar-refractivity contribution in [3.05, 3.63) is 54.1 Å². The quantitative estimate of drug-likeness (QED) is 0.200. The Morgan fingerprint density at radius 2 is 1.43 bits per heavy atom. The lowest BCUT2D eigenvalue weighted by Crippen LogP contribution is -2.53. The van der Waals surface area contributed by atoms with Crippen molar-refractivity contribution in [3.8, 4) is 17.2 Å².